The van der Waals surface area contributed by atoms with Crippen LogP contribution in [0.4, 0.5) is 5.82 Å². The number of nitrogens with one attached hydrogen (secondary N) is 2. The van der Waals surface area contributed by atoms with E-state index in [-0.39, 0.29) is 11.7 Å². The SMILES string of the molecule is CC(C)c1cc(NC(=O)c2ccc(I)c(O)c2)n[nH]1. The molecule has 2 aromatic rings. The first-order valence-electron chi connectivity index (χ1n) is 5.82. The van der Waals surface area contributed by atoms with Crippen LogP contribution in [0.15, 0.2) is 24.3 Å². The third kappa shape index (κ3) is 3.25. The number of aromatic nitrogens is 2. The maximum Gasteiger partial charge on any atom is 0.256 e. The second-order valence-corrected chi connectivity index (χ2v) is 5.65. The van der Waals surface area contributed by atoms with E-state index < -0.39 is 0 Å². The number of halogens is 1. The molecule has 1 aromatic carbocycles. The second kappa shape index (κ2) is 5.60. The number of amides is 1. The summed E-state index contributed by atoms with van der Waals surface area (Å²) >= 11 is 2.00. The van der Waals surface area contributed by atoms with Gasteiger partial charge in [0.25, 0.3) is 5.91 Å². The van der Waals surface area contributed by atoms with Crippen molar-refractivity contribution in [2.45, 2.75) is 19.8 Å². The molecule has 3 N–H and O–H groups in total. The van der Waals surface area contributed by atoms with Crippen LogP contribution in [-0.4, -0.2) is 21.2 Å². The Hall–Kier alpha value is -1.57. The molecule has 19 heavy (non-hydrogen) atoms. The fourth-order valence-corrected chi connectivity index (χ4v) is 1.87. The minimum atomic E-state index is -0.298. The molecular weight excluding hydrogens is 357 g/mol. The molecule has 0 radical (unpaired) electrons. The molecule has 0 unspecified atom stereocenters. The molecule has 0 aliphatic heterocycles. The molecule has 1 heterocycles. The Balaban J connectivity index is 2.13. The van der Waals surface area contributed by atoms with E-state index in [9.17, 15) is 9.90 Å². The standard InChI is InChI=1S/C13H14IN3O2/c1-7(2)10-6-12(17-16-10)15-13(19)8-3-4-9(14)11(18)5-8/h3-7,18H,1-2H3,(H2,15,16,17,19). The van der Waals surface area contributed by atoms with Crippen LogP contribution in [-0.2, 0) is 0 Å². The van der Waals surface area contributed by atoms with Gasteiger partial charge < -0.3 is 10.4 Å². The molecule has 0 bridgehead atoms. The van der Waals surface area contributed by atoms with E-state index in [0.29, 0.717) is 20.9 Å². The van der Waals surface area contributed by atoms with E-state index in [2.05, 4.69) is 15.5 Å². The van der Waals surface area contributed by atoms with Crippen LogP contribution in [0.25, 0.3) is 0 Å². The summed E-state index contributed by atoms with van der Waals surface area (Å²) in [5.74, 6) is 0.596. The van der Waals surface area contributed by atoms with Crippen molar-refractivity contribution in [1.82, 2.24) is 10.2 Å². The summed E-state index contributed by atoms with van der Waals surface area (Å²) in [6, 6.07) is 6.59. The quantitative estimate of drug-likeness (QED) is 0.726. The average molecular weight is 371 g/mol. The number of hydrogen-bond donors (Lipinski definition) is 3. The fourth-order valence-electron chi connectivity index (χ4n) is 1.54. The van der Waals surface area contributed by atoms with Gasteiger partial charge in [0.1, 0.15) is 5.75 Å². The van der Waals surface area contributed by atoms with Gasteiger partial charge in [-0.25, -0.2) is 0 Å². The summed E-state index contributed by atoms with van der Waals surface area (Å²) in [5, 5.41) is 19.2. The van der Waals surface area contributed by atoms with Gasteiger partial charge in [0.05, 0.1) is 3.57 Å². The van der Waals surface area contributed by atoms with Gasteiger partial charge in [-0.2, -0.15) is 5.10 Å². The number of nitrogens with zero attached hydrogens (tertiary/aromatic N) is 1. The number of carbonyl (C=O) groups is 1. The molecule has 0 aliphatic rings. The van der Waals surface area contributed by atoms with Crippen molar-refractivity contribution in [2.24, 2.45) is 0 Å². The molecule has 2 rings (SSSR count). The highest BCUT2D eigenvalue weighted by Crippen LogP contribution is 2.21. The van der Waals surface area contributed by atoms with E-state index in [0.717, 1.165) is 5.69 Å². The zero-order chi connectivity index (χ0) is 14.0. The fraction of sp³-hybridized carbons (Fsp3) is 0.231. The number of phenols is 1. The molecule has 5 nitrogen and oxygen atoms in total. The molecule has 100 valence electrons. The van der Waals surface area contributed by atoms with Crippen molar-refractivity contribution in [3.63, 3.8) is 0 Å². The summed E-state index contributed by atoms with van der Waals surface area (Å²) in [6.45, 7) is 4.08. The monoisotopic (exact) mass is 371 g/mol. The normalized spacial score (nSPS) is 10.7. The van der Waals surface area contributed by atoms with Gasteiger partial charge in [0.15, 0.2) is 5.82 Å². The van der Waals surface area contributed by atoms with Crippen LogP contribution in [0.1, 0.15) is 35.8 Å². The molecule has 0 fully saturated rings. The maximum atomic E-state index is 12.0. The topological polar surface area (TPSA) is 78.0 Å². The van der Waals surface area contributed by atoms with Gasteiger partial charge in [-0.15, -0.1) is 0 Å². The minimum Gasteiger partial charge on any atom is -0.507 e. The van der Waals surface area contributed by atoms with Gasteiger partial charge in [-0.3, -0.25) is 9.89 Å². The zero-order valence-electron chi connectivity index (χ0n) is 10.6. The lowest BCUT2D eigenvalue weighted by Gasteiger charge is -2.03. The number of phenolic OH excluding ortho intramolecular Hbond substituents is 1. The average Bonchev–Trinajstić information content (AvgIpc) is 2.81. The number of benzene rings is 1. The maximum absolute atomic E-state index is 12.0. The van der Waals surface area contributed by atoms with Crippen LogP contribution in [0.2, 0.25) is 0 Å². The van der Waals surface area contributed by atoms with Crippen LogP contribution in [0.3, 0.4) is 0 Å². The van der Waals surface area contributed by atoms with Gasteiger partial charge in [0, 0.05) is 17.3 Å². The number of aromatic amines is 1. The highest BCUT2D eigenvalue weighted by Gasteiger charge is 2.11. The molecule has 0 saturated carbocycles. The Labute approximate surface area is 124 Å². The number of aromatic hydroxyl groups is 1. The van der Waals surface area contributed by atoms with Gasteiger partial charge in [0.2, 0.25) is 0 Å². The summed E-state index contributed by atoms with van der Waals surface area (Å²) in [6.07, 6.45) is 0. The Morgan fingerprint density at radius 2 is 2.16 bits per heavy atom. The largest absolute Gasteiger partial charge is 0.507 e. The molecule has 1 aromatic heterocycles. The molecule has 0 atom stereocenters. The Bertz CT molecular complexity index is 608. The van der Waals surface area contributed by atoms with Gasteiger partial charge in [-0.05, 0) is 46.7 Å². The Morgan fingerprint density at radius 3 is 2.74 bits per heavy atom. The second-order valence-electron chi connectivity index (χ2n) is 4.48. The van der Waals surface area contributed by atoms with E-state index >= 15 is 0 Å². The number of H-pyrrole nitrogens is 1. The lowest BCUT2D eigenvalue weighted by Crippen LogP contribution is -2.12. The highest BCUT2D eigenvalue weighted by molar-refractivity contribution is 14.1. The van der Waals surface area contributed by atoms with Crippen molar-refractivity contribution < 1.29 is 9.90 Å². The van der Waals surface area contributed by atoms with Crippen LogP contribution >= 0.6 is 22.6 Å². The van der Waals surface area contributed by atoms with E-state index in [1.165, 1.54) is 6.07 Å². The lowest BCUT2D eigenvalue weighted by atomic mass is 10.1. The third-order valence-corrected chi connectivity index (χ3v) is 3.58. The minimum absolute atomic E-state index is 0.0955. The summed E-state index contributed by atoms with van der Waals surface area (Å²) < 4.78 is 0.705. The molecule has 6 heteroatoms. The summed E-state index contributed by atoms with van der Waals surface area (Å²) in [4.78, 5) is 12.0. The van der Waals surface area contributed by atoms with Crippen molar-refractivity contribution in [2.75, 3.05) is 5.32 Å². The summed E-state index contributed by atoms with van der Waals surface area (Å²) in [7, 11) is 0. The van der Waals surface area contributed by atoms with Crippen molar-refractivity contribution in [3.05, 3.63) is 39.1 Å². The predicted octanol–water partition coefficient (Wildman–Crippen LogP) is 3.10. The Morgan fingerprint density at radius 1 is 1.42 bits per heavy atom. The number of carbonyl (C=O) groups excluding carboxylic acids is 1. The van der Waals surface area contributed by atoms with E-state index in [4.69, 9.17) is 0 Å². The summed E-state index contributed by atoms with van der Waals surface area (Å²) in [5.41, 5.74) is 1.35. The zero-order valence-corrected chi connectivity index (χ0v) is 12.7. The lowest BCUT2D eigenvalue weighted by molar-refractivity contribution is 0.102. The van der Waals surface area contributed by atoms with Crippen LogP contribution in [0.5, 0.6) is 5.75 Å². The first-order chi connectivity index (χ1) is 8.97. The number of hydrogen-bond acceptors (Lipinski definition) is 3. The first-order valence-corrected chi connectivity index (χ1v) is 6.90. The molecular formula is C13H14IN3O2. The van der Waals surface area contributed by atoms with Crippen molar-refractivity contribution in [3.8, 4) is 5.75 Å². The smallest absolute Gasteiger partial charge is 0.256 e. The predicted molar refractivity (Wildman–Crippen MR) is 81.5 cm³/mol. The Kier molecular flexibility index (Phi) is 4.08. The van der Waals surface area contributed by atoms with Crippen molar-refractivity contribution in [1.29, 1.82) is 0 Å². The molecule has 1 amide bonds. The van der Waals surface area contributed by atoms with Gasteiger partial charge >= 0.3 is 0 Å². The highest BCUT2D eigenvalue weighted by atomic mass is 127. The van der Waals surface area contributed by atoms with Gasteiger partial charge in [-0.1, -0.05) is 13.8 Å². The molecule has 0 spiro atoms. The third-order valence-electron chi connectivity index (χ3n) is 2.67. The van der Waals surface area contributed by atoms with E-state index in [1.807, 2.05) is 36.4 Å². The molecule has 0 aliphatic carbocycles. The van der Waals surface area contributed by atoms with Crippen molar-refractivity contribution >= 4 is 34.3 Å². The number of rotatable bonds is 3. The van der Waals surface area contributed by atoms with Crippen LogP contribution in [0, 0.1) is 3.57 Å². The van der Waals surface area contributed by atoms with Crippen LogP contribution < -0.4 is 5.32 Å². The molecule has 0 saturated heterocycles. The number of anilines is 1. The first kappa shape index (κ1) is 13.9. The van der Waals surface area contributed by atoms with E-state index in [1.54, 1.807) is 18.2 Å².